The fourth-order valence-electron chi connectivity index (χ4n) is 2.71. The van der Waals surface area contributed by atoms with Gasteiger partial charge in [0.15, 0.2) is 5.13 Å². The molecule has 0 atom stereocenters. The van der Waals surface area contributed by atoms with Crippen molar-refractivity contribution >= 4 is 45.6 Å². The summed E-state index contributed by atoms with van der Waals surface area (Å²) in [6, 6.07) is 12.7. The molecule has 0 bridgehead atoms. The molecule has 152 valence electrons. The molecule has 0 fully saturated rings. The molecule has 0 aliphatic rings. The third-order valence-electron chi connectivity index (χ3n) is 4.27. The highest BCUT2D eigenvalue weighted by Gasteiger charge is 2.10. The molecule has 0 aliphatic heterocycles. The number of halogens is 2. The molecule has 2 aromatic carbocycles. The maximum Gasteiger partial charge on any atom is 0.257 e. The summed E-state index contributed by atoms with van der Waals surface area (Å²) in [6.07, 6.45) is 5.79. The summed E-state index contributed by atoms with van der Waals surface area (Å²) in [6.45, 7) is 2.85. The summed E-state index contributed by atoms with van der Waals surface area (Å²) < 4.78 is 5.68. The Morgan fingerprint density at radius 2 is 1.90 bits per heavy atom. The summed E-state index contributed by atoms with van der Waals surface area (Å²) in [5.74, 6) is 0.578. The van der Waals surface area contributed by atoms with E-state index in [9.17, 15) is 4.79 Å². The van der Waals surface area contributed by atoms with E-state index in [-0.39, 0.29) is 5.91 Å². The number of nitrogens with one attached hydrogen (secondary N) is 1. The van der Waals surface area contributed by atoms with Crippen molar-refractivity contribution in [3.8, 4) is 5.75 Å². The van der Waals surface area contributed by atoms with Gasteiger partial charge in [-0.1, -0.05) is 49.0 Å². The predicted molar refractivity (Wildman–Crippen MR) is 121 cm³/mol. The number of aromatic nitrogens is 1. The Labute approximate surface area is 184 Å². The third-order valence-corrected chi connectivity index (χ3v) is 5.92. The number of ether oxygens (including phenoxy) is 1. The monoisotopic (exact) mass is 448 g/mol. The molecule has 0 saturated heterocycles. The Bertz CT molecular complexity index is 958. The summed E-state index contributed by atoms with van der Waals surface area (Å²) in [7, 11) is 0. The Hall–Kier alpha value is -2.08. The van der Waals surface area contributed by atoms with Gasteiger partial charge in [-0.3, -0.25) is 10.1 Å². The standard InChI is InChI=1S/C22H22Cl2N2O2S/c1-2-3-4-11-28-17-8-6-16(7-9-17)21(27)26-22-25-14-18(29-22)12-15-5-10-19(23)20(24)13-15/h5-10,13-14H,2-4,11-12H2,1H3,(H,25,26,27). The van der Waals surface area contributed by atoms with Crippen LogP contribution in [0.15, 0.2) is 48.7 Å². The lowest BCUT2D eigenvalue weighted by molar-refractivity contribution is 0.102. The van der Waals surface area contributed by atoms with Crippen LogP contribution in [0.5, 0.6) is 5.75 Å². The first-order valence-electron chi connectivity index (χ1n) is 9.48. The number of rotatable bonds is 9. The molecule has 3 rings (SSSR count). The summed E-state index contributed by atoms with van der Waals surface area (Å²) in [5.41, 5.74) is 1.60. The fraction of sp³-hybridized carbons (Fsp3) is 0.273. The van der Waals surface area contributed by atoms with Gasteiger partial charge in [0.1, 0.15) is 5.75 Å². The molecule has 1 heterocycles. The van der Waals surface area contributed by atoms with Crippen LogP contribution < -0.4 is 10.1 Å². The zero-order chi connectivity index (χ0) is 20.6. The molecule has 0 spiro atoms. The molecule has 1 N–H and O–H groups in total. The van der Waals surface area contributed by atoms with Gasteiger partial charge in [-0.15, -0.1) is 11.3 Å². The van der Waals surface area contributed by atoms with E-state index < -0.39 is 0 Å². The molecule has 29 heavy (non-hydrogen) atoms. The van der Waals surface area contributed by atoms with E-state index in [2.05, 4.69) is 17.2 Å². The second-order valence-corrected chi connectivity index (χ2v) is 8.52. The maximum atomic E-state index is 12.5. The maximum absolute atomic E-state index is 12.5. The molecular formula is C22H22Cl2N2O2S. The Morgan fingerprint density at radius 3 is 2.62 bits per heavy atom. The predicted octanol–water partition coefficient (Wildman–Crippen LogP) is 6.86. The van der Waals surface area contributed by atoms with Gasteiger partial charge in [0.25, 0.3) is 5.91 Å². The second kappa shape index (κ2) is 10.6. The lowest BCUT2D eigenvalue weighted by Crippen LogP contribution is -2.11. The number of amides is 1. The third kappa shape index (κ3) is 6.46. The highest BCUT2D eigenvalue weighted by atomic mass is 35.5. The van der Waals surface area contributed by atoms with Crippen molar-refractivity contribution in [2.75, 3.05) is 11.9 Å². The molecule has 1 amide bonds. The molecule has 0 aliphatic carbocycles. The zero-order valence-electron chi connectivity index (χ0n) is 16.1. The number of hydrogen-bond donors (Lipinski definition) is 1. The number of carbonyl (C=O) groups excluding carboxylic acids is 1. The van der Waals surface area contributed by atoms with Crippen LogP contribution in [0.25, 0.3) is 0 Å². The second-order valence-electron chi connectivity index (χ2n) is 6.59. The smallest absolute Gasteiger partial charge is 0.257 e. The molecule has 0 saturated carbocycles. The van der Waals surface area contributed by atoms with Crippen LogP contribution in [0.4, 0.5) is 5.13 Å². The van der Waals surface area contributed by atoms with E-state index in [4.69, 9.17) is 27.9 Å². The topological polar surface area (TPSA) is 51.2 Å². The Morgan fingerprint density at radius 1 is 1.10 bits per heavy atom. The van der Waals surface area contributed by atoms with Crippen LogP contribution in [0.3, 0.4) is 0 Å². The highest BCUT2D eigenvalue weighted by molar-refractivity contribution is 7.15. The van der Waals surface area contributed by atoms with Crippen molar-refractivity contribution < 1.29 is 9.53 Å². The van der Waals surface area contributed by atoms with Crippen LogP contribution in [-0.4, -0.2) is 17.5 Å². The van der Waals surface area contributed by atoms with E-state index in [0.717, 1.165) is 35.5 Å². The number of thiazole rings is 1. The number of benzene rings is 2. The SMILES string of the molecule is CCCCCOc1ccc(C(=O)Nc2ncc(Cc3ccc(Cl)c(Cl)c3)s2)cc1. The molecular weight excluding hydrogens is 427 g/mol. The van der Waals surface area contributed by atoms with Crippen molar-refractivity contribution in [1.29, 1.82) is 0 Å². The van der Waals surface area contributed by atoms with E-state index in [1.165, 1.54) is 11.3 Å². The minimum atomic E-state index is -0.196. The van der Waals surface area contributed by atoms with Crippen molar-refractivity contribution in [2.24, 2.45) is 0 Å². The van der Waals surface area contributed by atoms with Crippen molar-refractivity contribution in [1.82, 2.24) is 4.98 Å². The van der Waals surface area contributed by atoms with Gasteiger partial charge >= 0.3 is 0 Å². The molecule has 3 aromatic rings. The van der Waals surface area contributed by atoms with Gasteiger partial charge in [0.2, 0.25) is 0 Å². The van der Waals surface area contributed by atoms with E-state index >= 15 is 0 Å². The number of hydrogen-bond acceptors (Lipinski definition) is 4. The minimum Gasteiger partial charge on any atom is -0.494 e. The molecule has 1 aromatic heterocycles. The van der Waals surface area contributed by atoms with Gasteiger partial charge in [-0.05, 0) is 48.4 Å². The number of nitrogens with zero attached hydrogens (tertiary/aromatic N) is 1. The van der Waals surface area contributed by atoms with E-state index in [1.807, 2.05) is 24.3 Å². The van der Waals surface area contributed by atoms with Crippen LogP contribution in [0.1, 0.15) is 47.0 Å². The Kier molecular flexibility index (Phi) is 7.92. The highest BCUT2D eigenvalue weighted by Crippen LogP contribution is 2.26. The van der Waals surface area contributed by atoms with Crippen LogP contribution in [0.2, 0.25) is 10.0 Å². The average Bonchev–Trinajstić information content (AvgIpc) is 3.15. The van der Waals surface area contributed by atoms with E-state index in [1.54, 1.807) is 24.4 Å². The van der Waals surface area contributed by atoms with Crippen LogP contribution in [0, 0.1) is 0 Å². The summed E-state index contributed by atoms with van der Waals surface area (Å²) >= 11 is 13.5. The van der Waals surface area contributed by atoms with Crippen molar-refractivity contribution in [2.45, 2.75) is 32.6 Å². The van der Waals surface area contributed by atoms with Crippen molar-refractivity contribution in [3.05, 3.63) is 74.7 Å². The van der Waals surface area contributed by atoms with Crippen molar-refractivity contribution in [3.63, 3.8) is 0 Å². The summed E-state index contributed by atoms with van der Waals surface area (Å²) in [5, 5.41) is 4.47. The van der Waals surface area contributed by atoms with Gasteiger partial charge in [-0.25, -0.2) is 4.98 Å². The average molecular weight is 449 g/mol. The normalized spacial score (nSPS) is 10.7. The summed E-state index contributed by atoms with van der Waals surface area (Å²) in [4.78, 5) is 17.8. The number of unbranched alkanes of at least 4 members (excludes halogenated alkanes) is 2. The zero-order valence-corrected chi connectivity index (χ0v) is 18.4. The number of carbonyl (C=O) groups is 1. The molecule has 0 unspecified atom stereocenters. The first-order chi connectivity index (χ1) is 14.0. The first-order valence-corrected chi connectivity index (χ1v) is 11.0. The molecule has 7 heteroatoms. The Balaban J connectivity index is 1.54. The fourth-order valence-corrected chi connectivity index (χ4v) is 3.87. The lowest BCUT2D eigenvalue weighted by atomic mass is 10.1. The quantitative estimate of drug-likeness (QED) is 0.363. The van der Waals surface area contributed by atoms with E-state index in [0.29, 0.717) is 33.8 Å². The van der Waals surface area contributed by atoms with Crippen LogP contribution in [-0.2, 0) is 6.42 Å². The number of anilines is 1. The lowest BCUT2D eigenvalue weighted by Gasteiger charge is -2.07. The molecule has 0 radical (unpaired) electrons. The first kappa shape index (κ1) is 21.6. The van der Waals surface area contributed by atoms with Gasteiger partial charge in [0, 0.05) is 23.1 Å². The van der Waals surface area contributed by atoms with Gasteiger partial charge < -0.3 is 4.74 Å². The largest absolute Gasteiger partial charge is 0.494 e. The van der Waals surface area contributed by atoms with Gasteiger partial charge in [0.05, 0.1) is 16.7 Å². The van der Waals surface area contributed by atoms with Gasteiger partial charge in [-0.2, -0.15) is 0 Å². The van der Waals surface area contributed by atoms with Crippen LogP contribution >= 0.6 is 34.5 Å². The minimum absolute atomic E-state index is 0.196. The molecule has 4 nitrogen and oxygen atoms in total.